The van der Waals surface area contributed by atoms with Crippen LogP contribution in [0.15, 0.2) is 65.7 Å². The molecule has 1 aromatic carbocycles. The molecule has 2 aliphatic heterocycles. The first-order valence-corrected chi connectivity index (χ1v) is 10.5. The second-order valence-corrected chi connectivity index (χ2v) is 8.40. The largest absolute Gasteiger partial charge is 0.317 e. The van der Waals surface area contributed by atoms with Crippen LogP contribution in [0.4, 0.5) is 10.1 Å². The fraction of sp³-hybridized carbons (Fsp3) is 0.292. The maximum Gasteiger partial charge on any atom is 0.274 e. The van der Waals surface area contributed by atoms with E-state index in [1.54, 1.807) is 30.6 Å². The Kier molecular flexibility index (Phi) is 5.11. The van der Waals surface area contributed by atoms with Gasteiger partial charge in [-0.15, -0.1) is 0 Å². The van der Waals surface area contributed by atoms with E-state index in [-0.39, 0.29) is 23.2 Å². The van der Waals surface area contributed by atoms with Crippen LogP contribution in [0.3, 0.4) is 0 Å². The summed E-state index contributed by atoms with van der Waals surface area (Å²) in [6.07, 6.45) is 4.16. The van der Waals surface area contributed by atoms with Gasteiger partial charge in [0, 0.05) is 55.7 Å². The predicted octanol–water partition coefficient (Wildman–Crippen LogP) is 3.25. The number of aromatic nitrogens is 2. The summed E-state index contributed by atoms with van der Waals surface area (Å²) in [4.78, 5) is 31.9. The Morgan fingerprint density at radius 2 is 1.81 bits per heavy atom. The van der Waals surface area contributed by atoms with Crippen molar-refractivity contribution in [1.29, 1.82) is 0 Å². The molecule has 0 aliphatic carbocycles. The van der Waals surface area contributed by atoms with E-state index in [0.29, 0.717) is 23.7 Å². The fourth-order valence-corrected chi connectivity index (χ4v) is 4.81. The number of hydrogen-bond acceptors (Lipinski definition) is 4. The first-order valence-electron chi connectivity index (χ1n) is 10.5. The van der Waals surface area contributed by atoms with Crippen LogP contribution in [0.2, 0.25) is 0 Å². The average molecular weight is 418 g/mol. The molecule has 1 saturated heterocycles. The molecule has 1 fully saturated rings. The number of hydrogen-bond donors (Lipinski definition) is 1. The number of likely N-dealkylation sites (tertiary alicyclic amines) is 1. The molecular formula is C24H23FN4O2. The summed E-state index contributed by atoms with van der Waals surface area (Å²) in [5.41, 5.74) is 2.72. The van der Waals surface area contributed by atoms with Crippen molar-refractivity contribution in [3.8, 4) is 0 Å². The van der Waals surface area contributed by atoms with Crippen LogP contribution in [-0.2, 0) is 13.1 Å². The lowest BCUT2D eigenvalue weighted by molar-refractivity contribution is 0.102. The van der Waals surface area contributed by atoms with E-state index in [2.05, 4.69) is 15.2 Å². The number of nitrogens with one attached hydrogen (secondary N) is 1. The summed E-state index contributed by atoms with van der Waals surface area (Å²) in [6.45, 7) is 3.17. The normalized spacial score (nSPS) is 20.2. The molecule has 4 heterocycles. The van der Waals surface area contributed by atoms with Crippen molar-refractivity contribution in [2.45, 2.75) is 25.4 Å². The Hall–Kier alpha value is -3.32. The quantitative estimate of drug-likeness (QED) is 0.706. The molecule has 5 rings (SSSR count). The lowest BCUT2D eigenvalue weighted by Gasteiger charge is -2.43. The zero-order chi connectivity index (χ0) is 21.4. The highest BCUT2D eigenvalue weighted by Gasteiger charge is 2.35. The molecule has 2 aliphatic rings. The van der Waals surface area contributed by atoms with Crippen LogP contribution in [0.1, 0.15) is 34.0 Å². The third-order valence-corrected chi connectivity index (χ3v) is 6.19. The third-order valence-electron chi connectivity index (χ3n) is 6.19. The van der Waals surface area contributed by atoms with Crippen molar-refractivity contribution in [3.63, 3.8) is 0 Å². The van der Waals surface area contributed by atoms with Crippen LogP contribution in [-0.4, -0.2) is 33.4 Å². The van der Waals surface area contributed by atoms with Crippen LogP contribution >= 0.6 is 0 Å². The minimum atomic E-state index is -0.318. The minimum absolute atomic E-state index is 0.151. The fourth-order valence-electron chi connectivity index (χ4n) is 4.81. The van der Waals surface area contributed by atoms with E-state index in [9.17, 15) is 14.0 Å². The Bertz CT molecular complexity index is 1160. The van der Waals surface area contributed by atoms with Gasteiger partial charge in [0.1, 0.15) is 11.5 Å². The van der Waals surface area contributed by atoms with Gasteiger partial charge in [0.05, 0.1) is 0 Å². The van der Waals surface area contributed by atoms with Gasteiger partial charge in [0.15, 0.2) is 0 Å². The predicted molar refractivity (Wildman–Crippen MR) is 115 cm³/mol. The summed E-state index contributed by atoms with van der Waals surface area (Å²) in [6, 6.07) is 13.6. The van der Waals surface area contributed by atoms with Crippen LogP contribution in [0.5, 0.6) is 0 Å². The molecule has 0 unspecified atom stereocenters. The lowest BCUT2D eigenvalue weighted by Crippen LogP contribution is -2.47. The number of anilines is 1. The van der Waals surface area contributed by atoms with Gasteiger partial charge >= 0.3 is 0 Å². The molecule has 1 N–H and O–H groups in total. The summed E-state index contributed by atoms with van der Waals surface area (Å²) in [7, 11) is 0. The molecule has 3 aromatic rings. The van der Waals surface area contributed by atoms with Crippen LogP contribution < -0.4 is 10.9 Å². The highest BCUT2D eigenvalue weighted by atomic mass is 19.1. The molecule has 158 valence electrons. The van der Waals surface area contributed by atoms with Crippen LogP contribution in [0.25, 0.3) is 0 Å². The zero-order valence-electron chi connectivity index (χ0n) is 17.0. The maximum absolute atomic E-state index is 13.2. The van der Waals surface area contributed by atoms with Gasteiger partial charge in [-0.2, -0.15) is 0 Å². The van der Waals surface area contributed by atoms with E-state index in [0.717, 1.165) is 37.3 Å². The third kappa shape index (κ3) is 4.01. The Labute approximate surface area is 179 Å². The highest BCUT2D eigenvalue weighted by molar-refractivity contribution is 6.04. The second-order valence-electron chi connectivity index (χ2n) is 8.40. The number of fused-ring (bicyclic) bond motifs is 4. The maximum atomic E-state index is 13.2. The topological polar surface area (TPSA) is 67.2 Å². The van der Waals surface area contributed by atoms with E-state index in [4.69, 9.17) is 0 Å². The number of pyridine rings is 2. The van der Waals surface area contributed by atoms with Gasteiger partial charge in [-0.25, -0.2) is 4.39 Å². The number of rotatable bonds is 4. The summed E-state index contributed by atoms with van der Waals surface area (Å²) in [5.74, 6) is 0.0991. The molecule has 2 aromatic heterocycles. The summed E-state index contributed by atoms with van der Waals surface area (Å²) < 4.78 is 15.0. The van der Waals surface area contributed by atoms with Crippen molar-refractivity contribution in [3.05, 3.63) is 93.9 Å². The van der Waals surface area contributed by atoms with Gasteiger partial charge in [-0.05, 0) is 54.3 Å². The number of piperidine rings is 1. The van der Waals surface area contributed by atoms with E-state index < -0.39 is 0 Å². The van der Waals surface area contributed by atoms with Crippen molar-refractivity contribution >= 4 is 11.6 Å². The number of carbonyl (C=O) groups excluding carboxylic acids is 1. The van der Waals surface area contributed by atoms with Gasteiger partial charge < -0.3 is 9.88 Å². The second kappa shape index (κ2) is 8.07. The number of nitrogens with zero attached hydrogens (tertiary/aromatic N) is 3. The van der Waals surface area contributed by atoms with Gasteiger partial charge in [-0.1, -0.05) is 12.1 Å². The monoisotopic (exact) mass is 418 g/mol. The van der Waals surface area contributed by atoms with Crippen molar-refractivity contribution in [2.24, 2.45) is 5.92 Å². The van der Waals surface area contributed by atoms with Crippen LogP contribution in [0, 0.1) is 11.7 Å². The van der Waals surface area contributed by atoms with Gasteiger partial charge in [0.25, 0.3) is 11.5 Å². The van der Waals surface area contributed by atoms with Crippen molar-refractivity contribution in [2.75, 3.05) is 18.4 Å². The average Bonchev–Trinajstić information content (AvgIpc) is 2.78. The molecule has 2 atom stereocenters. The Balaban J connectivity index is 1.34. The number of amides is 1. The zero-order valence-corrected chi connectivity index (χ0v) is 17.0. The number of carbonyl (C=O) groups is 1. The molecular weight excluding hydrogens is 395 g/mol. The highest BCUT2D eigenvalue weighted by Crippen LogP contribution is 2.36. The van der Waals surface area contributed by atoms with E-state index in [1.807, 2.05) is 22.8 Å². The molecule has 1 amide bonds. The molecule has 0 spiro atoms. The molecule has 0 saturated carbocycles. The molecule has 31 heavy (non-hydrogen) atoms. The smallest absolute Gasteiger partial charge is 0.274 e. The Morgan fingerprint density at radius 1 is 1.03 bits per heavy atom. The van der Waals surface area contributed by atoms with Gasteiger partial charge in [-0.3, -0.25) is 19.5 Å². The molecule has 0 radical (unpaired) electrons. The standard InChI is InChI=1S/C24H23FN4O2/c25-20-3-1-16(2-4-20)12-28-13-17-11-19(15-28)22-6-5-21(24(31)29(22)14-17)27-23(30)18-7-9-26-10-8-18/h1-10,17,19H,11-15H2,(H,27,30)/t17-,19-/m1/s1. The minimum Gasteiger partial charge on any atom is -0.317 e. The lowest BCUT2D eigenvalue weighted by atomic mass is 9.83. The van der Waals surface area contributed by atoms with E-state index >= 15 is 0 Å². The SMILES string of the molecule is O=C(Nc1ccc2n(c1=O)C[C@@H]1C[C@@H]2CN(Cc2ccc(F)cc2)C1)c1ccncc1. The molecule has 2 bridgehead atoms. The first-order chi connectivity index (χ1) is 15.1. The Morgan fingerprint density at radius 3 is 2.58 bits per heavy atom. The number of halogens is 1. The first kappa shape index (κ1) is 19.6. The van der Waals surface area contributed by atoms with E-state index in [1.165, 1.54) is 12.1 Å². The van der Waals surface area contributed by atoms with Crippen molar-refractivity contribution < 1.29 is 9.18 Å². The van der Waals surface area contributed by atoms with Crippen molar-refractivity contribution in [1.82, 2.24) is 14.5 Å². The number of benzene rings is 1. The summed E-state index contributed by atoms with van der Waals surface area (Å²) in [5, 5.41) is 2.75. The summed E-state index contributed by atoms with van der Waals surface area (Å²) >= 11 is 0. The molecule has 7 heteroatoms. The molecule has 6 nitrogen and oxygen atoms in total. The van der Waals surface area contributed by atoms with Gasteiger partial charge in [0.2, 0.25) is 0 Å².